The van der Waals surface area contributed by atoms with Gasteiger partial charge in [-0.3, -0.25) is 10.1 Å². The smallest absolute Gasteiger partial charge is 0.269 e. The van der Waals surface area contributed by atoms with Crippen LogP contribution in [0, 0.1) is 10.1 Å². The molecule has 0 aliphatic rings. The summed E-state index contributed by atoms with van der Waals surface area (Å²) in [4.78, 5) is 10.1. The van der Waals surface area contributed by atoms with Gasteiger partial charge in [0.15, 0.2) is 0 Å². The number of anilines is 1. The van der Waals surface area contributed by atoms with E-state index in [2.05, 4.69) is 5.32 Å². The maximum absolute atomic E-state index is 10.5. The molecule has 0 atom stereocenters. The molecule has 0 aliphatic carbocycles. The monoisotopic (exact) mass is 258 g/mol. The second-order valence-electron chi connectivity index (χ2n) is 4.01. The van der Waals surface area contributed by atoms with E-state index in [1.165, 1.54) is 12.1 Å². The van der Waals surface area contributed by atoms with Crippen LogP contribution in [0.1, 0.15) is 5.56 Å². The van der Waals surface area contributed by atoms with Crippen LogP contribution < -0.4 is 10.1 Å². The molecule has 0 unspecified atom stereocenters. The summed E-state index contributed by atoms with van der Waals surface area (Å²) in [7, 11) is 1.62. The summed E-state index contributed by atoms with van der Waals surface area (Å²) in [6.07, 6.45) is 0. The Hall–Kier alpha value is -2.56. The quantitative estimate of drug-likeness (QED) is 0.660. The highest BCUT2D eigenvalue weighted by Gasteiger charge is 2.03. The van der Waals surface area contributed by atoms with Crippen LogP contribution in [0.2, 0.25) is 0 Å². The number of nitrogens with zero attached hydrogens (tertiary/aromatic N) is 1. The van der Waals surface area contributed by atoms with E-state index in [1.807, 2.05) is 24.3 Å². The summed E-state index contributed by atoms with van der Waals surface area (Å²) in [6.45, 7) is 0.602. The minimum Gasteiger partial charge on any atom is -0.497 e. The fourth-order valence-corrected chi connectivity index (χ4v) is 1.67. The van der Waals surface area contributed by atoms with Crippen LogP contribution in [0.25, 0.3) is 0 Å². The van der Waals surface area contributed by atoms with Gasteiger partial charge in [0.1, 0.15) is 5.75 Å². The van der Waals surface area contributed by atoms with Crippen molar-refractivity contribution >= 4 is 11.4 Å². The number of nitrogens with one attached hydrogen (secondary N) is 1. The van der Waals surface area contributed by atoms with Crippen LogP contribution in [-0.2, 0) is 6.54 Å². The lowest BCUT2D eigenvalue weighted by molar-refractivity contribution is -0.384. The highest BCUT2D eigenvalue weighted by Crippen LogP contribution is 2.18. The van der Waals surface area contributed by atoms with Gasteiger partial charge in [0, 0.05) is 30.4 Å². The van der Waals surface area contributed by atoms with Crippen LogP contribution in [0.15, 0.2) is 48.5 Å². The summed E-state index contributed by atoms with van der Waals surface area (Å²) < 4.78 is 5.13. The van der Waals surface area contributed by atoms with Gasteiger partial charge in [0.25, 0.3) is 5.69 Å². The number of methoxy groups -OCH3 is 1. The lowest BCUT2D eigenvalue weighted by Gasteiger charge is -2.08. The standard InChI is InChI=1S/C14H14N2O3/c1-19-14-4-2-3-12(9-14)15-10-11-5-7-13(8-6-11)16(17)18/h2-9,15H,10H2,1H3. The number of rotatable bonds is 5. The SMILES string of the molecule is COc1cccc(NCc2ccc([N+](=O)[O-])cc2)c1. The molecule has 0 radical (unpaired) electrons. The third-order valence-electron chi connectivity index (χ3n) is 2.71. The Kier molecular flexibility index (Phi) is 3.97. The third-order valence-corrected chi connectivity index (χ3v) is 2.71. The van der Waals surface area contributed by atoms with Crippen LogP contribution in [0.5, 0.6) is 5.75 Å². The number of ether oxygens (including phenoxy) is 1. The van der Waals surface area contributed by atoms with Crippen LogP contribution in [-0.4, -0.2) is 12.0 Å². The summed E-state index contributed by atoms with van der Waals surface area (Å²) in [5.74, 6) is 0.786. The zero-order chi connectivity index (χ0) is 13.7. The number of hydrogen-bond donors (Lipinski definition) is 1. The Morgan fingerprint density at radius 3 is 2.58 bits per heavy atom. The molecular formula is C14H14N2O3. The maximum atomic E-state index is 10.5. The molecule has 0 aliphatic heterocycles. The molecule has 0 spiro atoms. The van der Waals surface area contributed by atoms with Gasteiger partial charge < -0.3 is 10.1 Å². The first kappa shape index (κ1) is 12.9. The van der Waals surface area contributed by atoms with Crippen molar-refractivity contribution in [2.75, 3.05) is 12.4 Å². The molecule has 1 N–H and O–H groups in total. The molecule has 19 heavy (non-hydrogen) atoms. The number of benzene rings is 2. The molecule has 0 heterocycles. The van der Waals surface area contributed by atoms with Crippen molar-refractivity contribution in [3.05, 3.63) is 64.2 Å². The fraction of sp³-hybridized carbons (Fsp3) is 0.143. The summed E-state index contributed by atoms with van der Waals surface area (Å²) in [5.41, 5.74) is 2.02. The van der Waals surface area contributed by atoms with E-state index in [-0.39, 0.29) is 5.69 Å². The van der Waals surface area contributed by atoms with Gasteiger partial charge in [-0.05, 0) is 17.7 Å². The first-order valence-corrected chi connectivity index (χ1v) is 5.80. The highest BCUT2D eigenvalue weighted by molar-refractivity contribution is 5.48. The van der Waals surface area contributed by atoms with Crippen LogP contribution in [0.4, 0.5) is 11.4 Å². The van der Waals surface area contributed by atoms with Crippen molar-refractivity contribution in [3.63, 3.8) is 0 Å². The molecule has 5 heteroatoms. The van der Waals surface area contributed by atoms with Gasteiger partial charge in [0.2, 0.25) is 0 Å². The van der Waals surface area contributed by atoms with E-state index in [1.54, 1.807) is 19.2 Å². The highest BCUT2D eigenvalue weighted by atomic mass is 16.6. The van der Waals surface area contributed by atoms with Crippen molar-refractivity contribution in [3.8, 4) is 5.75 Å². The average Bonchev–Trinajstić information content (AvgIpc) is 2.46. The molecule has 0 saturated heterocycles. The Bertz CT molecular complexity index is 567. The number of nitro benzene ring substituents is 1. The van der Waals surface area contributed by atoms with E-state index < -0.39 is 4.92 Å². The zero-order valence-corrected chi connectivity index (χ0v) is 10.5. The van der Waals surface area contributed by atoms with Crippen molar-refractivity contribution in [1.29, 1.82) is 0 Å². The molecule has 2 rings (SSSR count). The van der Waals surface area contributed by atoms with Crippen LogP contribution in [0.3, 0.4) is 0 Å². The Morgan fingerprint density at radius 2 is 1.95 bits per heavy atom. The predicted molar refractivity (Wildman–Crippen MR) is 73.4 cm³/mol. The molecule has 5 nitrogen and oxygen atoms in total. The van der Waals surface area contributed by atoms with Gasteiger partial charge in [-0.1, -0.05) is 18.2 Å². The first-order valence-electron chi connectivity index (χ1n) is 5.80. The zero-order valence-electron chi connectivity index (χ0n) is 10.5. The van der Waals surface area contributed by atoms with E-state index in [0.29, 0.717) is 6.54 Å². The van der Waals surface area contributed by atoms with Gasteiger partial charge in [0.05, 0.1) is 12.0 Å². The normalized spacial score (nSPS) is 9.95. The van der Waals surface area contributed by atoms with E-state index in [0.717, 1.165) is 17.0 Å². The van der Waals surface area contributed by atoms with Gasteiger partial charge in [-0.15, -0.1) is 0 Å². The number of non-ortho nitro benzene ring substituents is 1. The second-order valence-corrected chi connectivity index (χ2v) is 4.01. The van der Waals surface area contributed by atoms with Crippen molar-refractivity contribution in [1.82, 2.24) is 0 Å². The largest absolute Gasteiger partial charge is 0.497 e. The summed E-state index contributed by atoms with van der Waals surface area (Å²) >= 11 is 0. The minimum atomic E-state index is -0.404. The molecular weight excluding hydrogens is 244 g/mol. The second kappa shape index (κ2) is 5.86. The molecule has 2 aromatic rings. The summed E-state index contributed by atoms with van der Waals surface area (Å²) in [5, 5.41) is 13.8. The average molecular weight is 258 g/mol. The molecule has 0 aromatic heterocycles. The van der Waals surface area contributed by atoms with E-state index in [9.17, 15) is 10.1 Å². The van der Waals surface area contributed by atoms with Gasteiger partial charge >= 0.3 is 0 Å². The minimum absolute atomic E-state index is 0.102. The van der Waals surface area contributed by atoms with Gasteiger partial charge in [-0.2, -0.15) is 0 Å². The molecule has 2 aromatic carbocycles. The first-order chi connectivity index (χ1) is 9.19. The third kappa shape index (κ3) is 3.45. The van der Waals surface area contributed by atoms with Gasteiger partial charge in [-0.25, -0.2) is 0 Å². The number of nitro groups is 1. The fourth-order valence-electron chi connectivity index (χ4n) is 1.67. The molecule has 98 valence electrons. The molecule has 0 fully saturated rings. The molecule has 0 saturated carbocycles. The molecule has 0 amide bonds. The van der Waals surface area contributed by atoms with Crippen molar-refractivity contribution in [2.45, 2.75) is 6.54 Å². The Morgan fingerprint density at radius 1 is 1.21 bits per heavy atom. The van der Waals surface area contributed by atoms with E-state index >= 15 is 0 Å². The lowest BCUT2D eigenvalue weighted by Crippen LogP contribution is -1.99. The van der Waals surface area contributed by atoms with Crippen molar-refractivity contribution < 1.29 is 9.66 Å². The topological polar surface area (TPSA) is 64.4 Å². The number of hydrogen-bond acceptors (Lipinski definition) is 4. The predicted octanol–water partition coefficient (Wildman–Crippen LogP) is 3.22. The van der Waals surface area contributed by atoms with E-state index in [4.69, 9.17) is 4.74 Å². The maximum Gasteiger partial charge on any atom is 0.269 e. The summed E-state index contributed by atoms with van der Waals surface area (Å²) in [6, 6.07) is 14.1. The molecule has 0 bridgehead atoms. The Labute approximate surface area is 111 Å². The lowest BCUT2D eigenvalue weighted by atomic mass is 10.2. The van der Waals surface area contributed by atoms with Crippen molar-refractivity contribution in [2.24, 2.45) is 0 Å². The van der Waals surface area contributed by atoms with Crippen LogP contribution >= 0.6 is 0 Å². The Balaban J connectivity index is 1.99.